The summed E-state index contributed by atoms with van der Waals surface area (Å²) >= 11 is 0. The van der Waals surface area contributed by atoms with E-state index in [2.05, 4.69) is 10.3 Å². The van der Waals surface area contributed by atoms with Gasteiger partial charge in [0.15, 0.2) is 0 Å². The van der Waals surface area contributed by atoms with Crippen LogP contribution in [0.5, 0.6) is 0 Å². The van der Waals surface area contributed by atoms with Crippen LogP contribution in [0.1, 0.15) is 5.69 Å². The van der Waals surface area contributed by atoms with E-state index >= 15 is 0 Å². The van der Waals surface area contributed by atoms with Crippen molar-refractivity contribution in [3.8, 4) is 0 Å². The van der Waals surface area contributed by atoms with E-state index in [1.54, 1.807) is 7.11 Å². The van der Waals surface area contributed by atoms with Crippen molar-refractivity contribution in [1.82, 2.24) is 4.98 Å². The van der Waals surface area contributed by atoms with Gasteiger partial charge in [-0.05, 0) is 12.1 Å². The highest BCUT2D eigenvalue weighted by molar-refractivity contribution is 5.33. The molecular weight excluding hydrogens is 260 g/mol. The van der Waals surface area contributed by atoms with Crippen LogP contribution < -0.4 is 5.32 Å². The van der Waals surface area contributed by atoms with E-state index in [4.69, 9.17) is 18.9 Å². The van der Waals surface area contributed by atoms with Gasteiger partial charge in [0.05, 0.1) is 51.9 Å². The molecule has 0 amide bonds. The van der Waals surface area contributed by atoms with E-state index in [0.717, 1.165) is 11.5 Å². The Labute approximate surface area is 120 Å². The fraction of sp³-hybridized carbons (Fsp3) is 0.643. The maximum atomic E-state index is 5.49. The summed E-state index contributed by atoms with van der Waals surface area (Å²) in [5, 5.41) is 2.99. The second kappa shape index (κ2) is 11.6. The molecule has 1 aromatic heterocycles. The first kappa shape index (κ1) is 16.8. The van der Waals surface area contributed by atoms with Crippen molar-refractivity contribution in [3.63, 3.8) is 0 Å². The van der Waals surface area contributed by atoms with Crippen molar-refractivity contribution in [2.24, 2.45) is 0 Å². The molecule has 0 fully saturated rings. The van der Waals surface area contributed by atoms with Crippen molar-refractivity contribution >= 4 is 5.82 Å². The van der Waals surface area contributed by atoms with Crippen molar-refractivity contribution in [2.75, 3.05) is 59.1 Å². The molecule has 6 nitrogen and oxygen atoms in total. The molecule has 1 rings (SSSR count). The van der Waals surface area contributed by atoms with Gasteiger partial charge in [0.1, 0.15) is 5.82 Å². The predicted octanol–water partition coefficient (Wildman–Crippen LogP) is 1.32. The lowest BCUT2D eigenvalue weighted by molar-refractivity contribution is 0.000481. The van der Waals surface area contributed by atoms with Crippen molar-refractivity contribution in [1.29, 1.82) is 0 Å². The van der Waals surface area contributed by atoms with Crippen LogP contribution in [0.3, 0.4) is 0 Å². The molecule has 0 atom stereocenters. The Morgan fingerprint density at radius 3 is 2.25 bits per heavy atom. The minimum absolute atomic E-state index is 0.489. The number of nitrogens with zero attached hydrogens (tertiary/aromatic N) is 1. The summed E-state index contributed by atoms with van der Waals surface area (Å²) in [5.41, 5.74) is 0.903. The lowest BCUT2D eigenvalue weighted by atomic mass is 10.3. The normalized spacial score (nSPS) is 10.7. The van der Waals surface area contributed by atoms with Gasteiger partial charge in [-0.25, -0.2) is 4.98 Å². The van der Waals surface area contributed by atoms with E-state index in [-0.39, 0.29) is 0 Å². The van der Waals surface area contributed by atoms with Crippen LogP contribution in [0.15, 0.2) is 18.2 Å². The molecule has 0 saturated heterocycles. The molecule has 6 heteroatoms. The highest BCUT2D eigenvalue weighted by atomic mass is 16.6. The molecule has 0 radical (unpaired) electrons. The number of methoxy groups -OCH3 is 1. The summed E-state index contributed by atoms with van der Waals surface area (Å²) in [6.45, 7) is 3.95. The number of ether oxygens (including phenoxy) is 4. The zero-order valence-corrected chi connectivity index (χ0v) is 12.3. The summed E-state index contributed by atoms with van der Waals surface area (Å²) in [6, 6.07) is 5.80. The molecule has 0 aliphatic carbocycles. The fourth-order valence-electron chi connectivity index (χ4n) is 1.46. The number of nitrogens with one attached hydrogen (secondary N) is 1. The third-order valence-corrected chi connectivity index (χ3v) is 2.49. The van der Waals surface area contributed by atoms with Crippen LogP contribution >= 0.6 is 0 Å². The third-order valence-electron chi connectivity index (χ3n) is 2.49. The van der Waals surface area contributed by atoms with Gasteiger partial charge in [0.25, 0.3) is 0 Å². The summed E-state index contributed by atoms with van der Waals surface area (Å²) in [7, 11) is 3.49. The van der Waals surface area contributed by atoms with Crippen molar-refractivity contribution in [2.45, 2.75) is 6.61 Å². The monoisotopic (exact) mass is 284 g/mol. The van der Waals surface area contributed by atoms with Gasteiger partial charge in [-0.1, -0.05) is 6.07 Å². The van der Waals surface area contributed by atoms with E-state index in [1.165, 1.54) is 0 Å². The quantitative estimate of drug-likeness (QED) is 0.584. The zero-order chi connectivity index (χ0) is 14.5. The number of hydrogen-bond acceptors (Lipinski definition) is 6. The average Bonchev–Trinajstić information content (AvgIpc) is 2.49. The fourth-order valence-corrected chi connectivity index (χ4v) is 1.46. The summed E-state index contributed by atoms with van der Waals surface area (Å²) in [5.74, 6) is 0.843. The van der Waals surface area contributed by atoms with Crippen LogP contribution in [0.25, 0.3) is 0 Å². The standard InChI is InChI=1S/C14H24N2O4/c1-15-14-5-3-4-13(16-14)12-20-11-10-19-9-8-18-7-6-17-2/h3-5H,6-12H2,1-2H3,(H,15,16). The number of aromatic nitrogens is 1. The molecule has 0 aliphatic rings. The second-order valence-electron chi connectivity index (χ2n) is 4.03. The molecule has 0 unspecified atom stereocenters. The second-order valence-corrected chi connectivity index (χ2v) is 4.03. The molecular formula is C14H24N2O4. The first-order valence-electron chi connectivity index (χ1n) is 6.72. The minimum atomic E-state index is 0.489. The van der Waals surface area contributed by atoms with Crippen LogP contribution in [0.4, 0.5) is 5.82 Å². The first-order chi connectivity index (χ1) is 9.86. The third kappa shape index (κ3) is 8.06. The van der Waals surface area contributed by atoms with Gasteiger partial charge in [-0.15, -0.1) is 0 Å². The zero-order valence-electron chi connectivity index (χ0n) is 12.3. The van der Waals surface area contributed by atoms with Gasteiger partial charge in [0, 0.05) is 14.2 Å². The average molecular weight is 284 g/mol. The number of hydrogen-bond donors (Lipinski definition) is 1. The molecule has 1 heterocycles. The topological polar surface area (TPSA) is 61.8 Å². The number of anilines is 1. The first-order valence-corrected chi connectivity index (χ1v) is 6.72. The van der Waals surface area contributed by atoms with Crippen molar-refractivity contribution in [3.05, 3.63) is 23.9 Å². The molecule has 114 valence electrons. The van der Waals surface area contributed by atoms with Crippen LogP contribution in [0, 0.1) is 0 Å². The number of pyridine rings is 1. The lowest BCUT2D eigenvalue weighted by Gasteiger charge is -2.07. The summed E-state index contributed by atoms with van der Waals surface area (Å²) in [4.78, 5) is 4.36. The molecule has 0 spiro atoms. The van der Waals surface area contributed by atoms with Gasteiger partial charge in [-0.3, -0.25) is 0 Å². The summed E-state index contributed by atoms with van der Waals surface area (Å²) < 4.78 is 21.0. The maximum absolute atomic E-state index is 5.49. The Morgan fingerprint density at radius 2 is 1.60 bits per heavy atom. The molecule has 0 saturated carbocycles. The minimum Gasteiger partial charge on any atom is -0.382 e. The molecule has 1 N–H and O–H groups in total. The Kier molecular flexibility index (Phi) is 9.77. The van der Waals surface area contributed by atoms with Gasteiger partial charge >= 0.3 is 0 Å². The van der Waals surface area contributed by atoms with Gasteiger partial charge in [-0.2, -0.15) is 0 Å². The van der Waals surface area contributed by atoms with Gasteiger partial charge in [0.2, 0.25) is 0 Å². The van der Waals surface area contributed by atoms with Crippen LogP contribution in [0.2, 0.25) is 0 Å². The SMILES string of the molecule is CNc1cccc(COCCOCCOCCOC)n1. The van der Waals surface area contributed by atoms with Crippen LogP contribution in [-0.4, -0.2) is 58.8 Å². The van der Waals surface area contributed by atoms with E-state index in [0.29, 0.717) is 46.2 Å². The summed E-state index contributed by atoms with van der Waals surface area (Å²) in [6.07, 6.45) is 0. The van der Waals surface area contributed by atoms with Gasteiger partial charge < -0.3 is 24.3 Å². The molecule has 20 heavy (non-hydrogen) atoms. The Bertz CT molecular complexity index is 350. The van der Waals surface area contributed by atoms with Crippen LogP contribution in [-0.2, 0) is 25.6 Å². The molecule has 1 aromatic rings. The lowest BCUT2D eigenvalue weighted by Crippen LogP contribution is -2.11. The largest absolute Gasteiger partial charge is 0.382 e. The molecule has 0 aromatic carbocycles. The molecule has 0 aliphatic heterocycles. The van der Waals surface area contributed by atoms with E-state index < -0.39 is 0 Å². The Balaban J connectivity index is 1.94. The Morgan fingerprint density at radius 1 is 0.950 bits per heavy atom. The Hall–Kier alpha value is -1.21. The highest BCUT2D eigenvalue weighted by Crippen LogP contribution is 2.04. The van der Waals surface area contributed by atoms with E-state index in [9.17, 15) is 0 Å². The predicted molar refractivity (Wildman–Crippen MR) is 77.0 cm³/mol. The smallest absolute Gasteiger partial charge is 0.126 e. The number of rotatable bonds is 12. The highest BCUT2D eigenvalue weighted by Gasteiger charge is 1.97. The van der Waals surface area contributed by atoms with E-state index in [1.807, 2.05) is 25.2 Å². The maximum Gasteiger partial charge on any atom is 0.126 e. The molecule has 0 bridgehead atoms. The van der Waals surface area contributed by atoms with Crippen molar-refractivity contribution < 1.29 is 18.9 Å².